The molecule has 0 bridgehead atoms. The zero-order valence-corrected chi connectivity index (χ0v) is 11.2. The van der Waals surface area contributed by atoms with Crippen molar-refractivity contribution < 1.29 is 0 Å². The van der Waals surface area contributed by atoms with Crippen LogP contribution in [0.25, 0.3) is 11.4 Å². The quantitative estimate of drug-likeness (QED) is 0.867. The molecule has 1 aromatic heterocycles. The highest BCUT2D eigenvalue weighted by molar-refractivity contribution is 9.10. The average molecular weight is 291 g/mol. The maximum Gasteiger partial charge on any atom is 0.137 e. The lowest BCUT2D eigenvalue weighted by molar-refractivity contribution is 0.703. The molecule has 3 heteroatoms. The SMILES string of the molecule is Brc1ccc(-c2ncc(C3CCCC3)[nH]2)cc1. The third kappa shape index (κ3) is 2.29. The van der Waals surface area contributed by atoms with Crippen molar-refractivity contribution in [2.45, 2.75) is 31.6 Å². The highest BCUT2D eigenvalue weighted by atomic mass is 79.9. The van der Waals surface area contributed by atoms with Crippen LogP contribution in [0, 0.1) is 0 Å². The topological polar surface area (TPSA) is 28.7 Å². The van der Waals surface area contributed by atoms with E-state index in [4.69, 9.17) is 0 Å². The van der Waals surface area contributed by atoms with Crippen LogP contribution in [0.3, 0.4) is 0 Å². The monoisotopic (exact) mass is 290 g/mol. The van der Waals surface area contributed by atoms with Crippen molar-refractivity contribution in [2.75, 3.05) is 0 Å². The first-order valence-electron chi connectivity index (χ1n) is 6.14. The summed E-state index contributed by atoms with van der Waals surface area (Å²) >= 11 is 3.45. The zero-order valence-electron chi connectivity index (χ0n) is 9.62. The van der Waals surface area contributed by atoms with Gasteiger partial charge in [-0.15, -0.1) is 0 Å². The summed E-state index contributed by atoms with van der Waals surface area (Å²) in [5, 5.41) is 0. The van der Waals surface area contributed by atoms with Crippen LogP contribution in [-0.4, -0.2) is 9.97 Å². The molecule has 0 atom stereocenters. The van der Waals surface area contributed by atoms with E-state index in [9.17, 15) is 0 Å². The molecule has 0 radical (unpaired) electrons. The van der Waals surface area contributed by atoms with Crippen LogP contribution in [0.2, 0.25) is 0 Å². The first-order chi connectivity index (χ1) is 8.33. The molecule has 0 aliphatic heterocycles. The van der Waals surface area contributed by atoms with Gasteiger partial charge in [-0.3, -0.25) is 0 Å². The Morgan fingerprint density at radius 1 is 1.12 bits per heavy atom. The van der Waals surface area contributed by atoms with E-state index in [0.717, 1.165) is 15.9 Å². The van der Waals surface area contributed by atoms with Crippen LogP contribution in [-0.2, 0) is 0 Å². The number of aromatic nitrogens is 2. The molecular weight excluding hydrogens is 276 g/mol. The smallest absolute Gasteiger partial charge is 0.137 e. The lowest BCUT2D eigenvalue weighted by Gasteiger charge is -2.04. The number of nitrogens with one attached hydrogen (secondary N) is 1. The van der Waals surface area contributed by atoms with Crippen molar-refractivity contribution in [2.24, 2.45) is 0 Å². The number of hydrogen-bond donors (Lipinski definition) is 1. The standard InChI is InChI=1S/C14H15BrN2/c15-12-7-5-11(6-8-12)14-16-9-13(17-14)10-3-1-2-4-10/h5-10H,1-4H2,(H,16,17). The molecule has 0 spiro atoms. The molecule has 1 aliphatic carbocycles. The number of aromatic amines is 1. The average Bonchev–Trinajstić information content (AvgIpc) is 3.00. The molecular formula is C14H15BrN2. The zero-order chi connectivity index (χ0) is 11.7. The van der Waals surface area contributed by atoms with Crippen LogP contribution in [0.15, 0.2) is 34.9 Å². The van der Waals surface area contributed by atoms with E-state index in [1.54, 1.807) is 0 Å². The van der Waals surface area contributed by atoms with Gasteiger partial charge in [0.25, 0.3) is 0 Å². The van der Waals surface area contributed by atoms with Gasteiger partial charge in [0.2, 0.25) is 0 Å². The van der Waals surface area contributed by atoms with Gasteiger partial charge in [0.05, 0.1) is 0 Å². The molecule has 1 heterocycles. The second kappa shape index (κ2) is 4.65. The molecule has 88 valence electrons. The van der Waals surface area contributed by atoms with Crippen LogP contribution in [0.4, 0.5) is 0 Å². The molecule has 1 saturated carbocycles. The molecule has 2 nitrogen and oxygen atoms in total. The lowest BCUT2D eigenvalue weighted by atomic mass is 10.1. The molecule has 0 unspecified atom stereocenters. The van der Waals surface area contributed by atoms with E-state index in [1.165, 1.54) is 31.4 Å². The fourth-order valence-electron chi connectivity index (χ4n) is 2.53. The summed E-state index contributed by atoms with van der Waals surface area (Å²) in [6, 6.07) is 8.27. The summed E-state index contributed by atoms with van der Waals surface area (Å²) in [5.41, 5.74) is 2.46. The lowest BCUT2D eigenvalue weighted by Crippen LogP contribution is -1.91. The molecule has 2 aromatic rings. The van der Waals surface area contributed by atoms with Crippen molar-refractivity contribution >= 4 is 15.9 Å². The largest absolute Gasteiger partial charge is 0.342 e. The molecule has 0 amide bonds. The Morgan fingerprint density at radius 3 is 2.53 bits per heavy atom. The second-order valence-electron chi connectivity index (χ2n) is 4.68. The van der Waals surface area contributed by atoms with E-state index in [0.29, 0.717) is 5.92 Å². The number of nitrogens with zero attached hydrogens (tertiary/aromatic N) is 1. The van der Waals surface area contributed by atoms with Gasteiger partial charge in [-0.2, -0.15) is 0 Å². The van der Waals surface area contributed by atoms with E-state index in [1.807, 2.05) is 18.3 Å². The number of benzene rings is 1. The Morgan fingerprint density at radius 2 is 1.82 bits per heavy atom. The number of rotatable bonds is 2. The predicted octanol–water partition coefficient (Wildman–Crippen LogP) is 4.50. The fraction of sp³-hybridized carbons (Fsp3) is 0.357. The third-order valence-corrected chi connectivity index (χ3v) is 4.04. The molecule has 1 N–H and O–H groups in total. The highest BCUT2D eigenvalue weighted by Crippen LogP contribution is 2.33. The van der Waals surface area contributed by atoms with Gasteiger partial charge in [0, 0.05) is 27.8 Å². The molecule has 1 aliphatic rings. The summed E-state index contributed by atoms with van der Waals surface area (Å²) in [5.74, 6) is 1.69. The van der Waals surface area contributed by atoms with Gasteiger partial charge in [-0.25, -0.2) is 4.98 Å². The minimum absolute atomic E-state index is 0.701. The minimum Gasteiger partial charge on any atom is -0.342 e. The fourth-order valence-corrected chi connectivity index (χ4v) is 2.80. The van der Waals surface area contributed by atoms with Gasteiger partial charge in [-0.05, 0) is 25.0 Å². The first kappa shape index (κ1) is 11.0. The van der Waals surface area contributed by atoms with Gasteiger partial charge in [-0.1, -0.05) is 40.9 Å². The van der Waals surface area contributed by atoms with Crippen molar-refractivity contribution in [3.05, 3.63) is 40.6 Å². The maximum atomic E-state index is 4.49. The Kier molecular flexibility index (Phi) is 3.02. The Bertz CT molecular complexity index is 495. The van der Waals surface area contributed by atoms with Gasteiger partial charge < -0.3 is 4.98 Å². The summed E-state index contributed by atoms with van der Waals surface area (Å²) in [7, 11) is 0. The van der Waals surface area contributed by atoms with Gasteiger partial charge in [0.15, 0.2) is 0 Å². The van der Waals surface area contributed by atoms with Gasteiger partial charge in [0.1, 0.15) is 5.82 Å². The Balaban J connectivity index is 1.86. The molecule has 1 aromatic carbocycles. The normalized spacial score (nSPS) is 16.5. The van der Waals surface area contributed by atoms with Crippen molar-refractivity contribution in [1.82, 2.24) is 9.97 Å². The molecule has 17 heavy (non-hydrogen) atoms. The summed E-state index contributed by atoms with van der Waals surface area (Å²) in [6.45, 7) is 0. The number of imidazole rings is 1. The summed E-state index contributed by atoms with van der Waals surface area (Å²) in [6.07, 6.45) is 7.34. The number of halogens is 1. The second-order valence-corrected chi connectivity index (χ2v) is 5.59. The Labute approximate surface area is 110 Å². The van der Waals surface area contributed by atoms with Crippen LogP contribution in [0.5, 0.6) is 0 Å². The maximum absolute atomic E-state index is 4.49. The molecule has 3 rings (SSSR count). The first-order valence-corrected chi connectivity index (χ1v) is 6.93. The van der Waals surface area contributed by atoms with Gasteiger partial charge >= 0.3 is 0 Å². The number of hydrogen-bond acceptors (Lipinski definition) is 1. The molecule has 0 saturated heterocycles. The van der Waals surface area contributed by atoms with Crippen molar-refractivity contribution in [3.8, 4) is 11.4 Å². The van der Waals surface area contributed by atoms with E-state index in [-0.39, 0.29) is 0 Å². The van der Waals surface area contributed by atoms with E-state index < -0.39 is 0 Å². The predicted molar refractivity (Wildman–Crippen MR) is 72.9 cm³/mol. The van der Waals surface area contributed by atoms with Crippen molar-refractivity contribution in [3.63, 3.8) is 0 Å². The van der Waals surface area contributed by atoms with E-state index in [2.05, 4.69) is 38.0 Å². The summed E-state index contributed by atoms with van der Waals surface area (Å²) < 4.78 is 1.10. The minimum atomic E-state index is 0.701. The van der Waals surface area contributed by atoms with Crippen LogP contribution < -0.4 is 0 Å². The summed E-state index contributed by atoms with van der Waals surface area (Å²) in [4.78, 5) is 7.95. The van der Waals surface area contributed by atoms with Crippen molar-refractivity contribution in [1.29, 1.82) is 0 Å². The Hall–Kier alpha value is -1.09. The van der Waals surface area contributed by atoms with E-state index >= 15 is 0 Å². The molecule has 1 fully saturated rings. The number of H-pyrrole nitrogens is 1. The van der Waals surface area contributed by atoms with Crippen LogP contribution >= 0.6 is 15.9 Å². The highest BCUT2D eigenvalue weighted by Gasteiger charge is 2.19. The third-order valence-electron chi connectivity index (χ3n) is 3.51. The van der Waals surface area contributed by atoms with Crippen LogP contribution in [0.1, 0.15) is 37.3 Å².